The van der Waals surface area contributed by atoms with Crippen LogP contribution in [0.3, 0.4) is 0 Å². The molecule has 0 aliphatic carbocycles. The predicted octanol–water partition coefficient (Wildman–Crippen LogP) is -0.140. The van der Waals surface area contributed by atoms with E-state index in [0.717, 1.165) is 18.8 Å². The van der Waals surface area contributed by atoms with Crippen LogP contribution in [0.2, 0.25) is 0 Å². The van der Waals surface area contributed by atoms with Crippen LogP contribution in [0, 0.1) is 5.92 Å². The zero-order valence-corrected chi connectivity index (χ0v) is 8.18. The number of hydrogen-bond acceptors (Lipinski definition) is 3. The van der Waals surface area contributed by atoms with Gasteiger partial charge in [0.1, 0.15) is 0 Å². The summed E-state index contributed by atoms with van der Waals surface area (Å²) in [6.45, 7) is 4.15. The summed E-state index contributed by atoms with van der Waals surface area (Å²) >= 11 is 1.96. The minimum absolute atomic E-state index is 0.462. The second-order valence-electron chi connectivity index (χ2n) is 3.11. The van der Waals surface area contributed by atoms with Crippen molar-refractivity contribution in [1.82, 2.24) is 4.90 Å². The van der Waals surface area contributed by atoms with Crippen molar-refractivity contribution in [2.45, 2.75) is 6.92 Å². The van der Waals surface area contributed by atoms with Gasteiger partial charge in [-0.15, -0.1) is 5.10 Å². The average Bonchev–Trinajstić information content (AvgIpc) is 2.28. The fraction of sp³-hybridized carbons (Fsp3) is 0.857. The van der Waals surface area contributed by atoms with E-state index in [-0.39, 0.29) is 0 Å². The molecule has 4 nitrogen and oxygen atoms in total. The molecule has 0 aromatic heterocycles. The van der Waals surface area contributed by atoms with E-state index in [9.17, 15) is 0 Å². The Bertz CT molecular complexity index is 171. The largest absolute Gasteiger partial charge is 0.368 e. The van der Waals surface area contributed by atoms with Gasteiger partial charge in [0.2, 0.25) is 5.96 Å². The molecule has 1 aliphatic rings. The summed E-state index contributed by atoms with van der Waals surface area (Å²) in [5.74, 6) is 8.56. The molecule has 0 amide bonds. The molecule has 12 heavy (non-hydrogen) atoms. The zero-order chi connectivity index (χ0) is 8.97. The molecule has 0 aromatic carbocycles. The lowest BCUT2D eigenvalue weighted by Crippen LogP contribution is -2.41. The molecule has 1 heterocycles. The van der Waals surface area contributed by atoms with Gasteiger partial charge in [-0.2, -0.15) is 11.8 Å². The Morgan fingerprint density at radius 2 is 2.42 bits per heavy atom. The SMILES string of the molecule is CC1CSCCN(/C(N)=N/N)C1. The van der Waals surface area contributed by atoms with Crippen molar-refractivity contribution >= 4 is 17.7 Å². The van der Waals surface area contributed by atoms with Gasteiger partial charge in [0.25, 0.3) is 0 Å². The standard InChI is InChI=1S/C7H16N4S/c1-6-4-11(7(8)10-9)2-3-12-5-6/h6H,2-5,9H2,1H3,(H2,8,10). The maximum absolute atomic E-state index is 5.62. The van der Waals surface area contributed by atoms with Crippen molar-refractivity contribution in [3.63, 3.8) is 0 Å². The summed E-state index contributed by atoms with van der Waals surface area (Å²) in [5, 5.41) is 3.50. The fourth-order valence-corrected chi connectivity index (χ4v) is 2.29. The topological polar surface area (TPSA) is 67.6 Å². The van der Waals surface area contributed by atoms with Gasteiger partial charge in [0.15, 0.2) is 0 Å². The Labute approximate surface area is 77.4 Å². The number of nitrogens with two attached hydrogens (primary N) is 2. The molecule has 4 N–H and O–H groups in total. The predicted molar refractivity (Wildman–Crippen MR) is 53.9 cm³/mol. The van der Waals surface area contributed by atoms with Crippen LogP contribution >= 0.6 is 11.8 Å². The molecule has 0 radical (unpaired) electrons. The summed E-state index contributed by atoms with van der Waals surface area (Å²) in [6, 6.07) is 0. The highest BCUT2D eigenvalue weighted by atomic mass is 32.2. The first kappa shape index (κ1) is 9.51. The number of hydrazone groups is 1. The average molecular weight is 188 g/mol. The lowest BCUT2D eigenvalue weighted by Gasteiger charge is -2.22. The number of hydrogen-bond donors (Lipinski definition) is 2. The lowest BCUT2D eigenvalue weighted by molar-refractivity contribution is 0.389. The minimum atomic E-state index is 0.462. The van der Waals surface area contributed by atoms with Gasteiger partial charge >= 0.3 is 0 Å². The summed E-state index contributed by atoms with van der Waals surface area (Å²) in [5.41, 5.74) is 5.62. The zero-order valence-electron chi connectivity index (χ0n) is 7.36. The summed E-state index contributed by atoms with van der Waals surface area (Å²) in [6.07, 6.45) is 0. The van der Waals surface area contributed by atoms with Crippen LogP contribution in [-0.4, -0.2) is 35.5 Å². The van der Waals surface area contributed by atoms with Crippen LogP contribution in [0.4, 0.5) is 0 Å². The summed E-state index contributed by atoms with van der Waals surface area (Å²) in [4.78, 5) is 2.05. The molecule has 1 atom stereocenters. The first-order valence-electron chi connectivity index (χ1n) is 4.10. The molecule has 1 fully saturated rings. The van der Waals surface area contributed by atoms with Crippen molar-refractivity contribution in [1.29, 1.82) is 0 Å². The highest BCUT2D eigenvalue weighted by Crippen LogP contribution is 2.14. The van der Waals surface area contributed by atoms with Crippen molar-refractivity contribution in [2.75, 3.05) is 24.6 Å². The first-order chi connectivity index (χ1) is 5.74. The third-order valence-corrected chi connectivity index (χ3v) is 3.17. The van der Waals surface area contributed by atoms with Gasteiger partial charge in [0.05, 0.1) is 0 Å². The van der Waals surface area contributed by atoms with Crippen LogP contribution in [0.25, 0.3) is 0 Å². The molecule has 0 bridgehead atoms. The quantitative estimate of drug-likeness (QED) is 0.240. The van der Waals surface area contributed by atoms with E-state index in [0.29, 0.717) is 11.9 Å². The fourth-order valence-electron chi connectivity index (χ4n) is 1.27. The van der Waals surface area contributed by atoms with Gasteiger partial charge in [0, 0.05) is 18.8 Å². The van der Waals surface area contributed by atoms with Crippen LogP contribution in [0.15, 0.2) is 5.10 Å². The number of guanidine groups is 1. The van der Waals surface area contributed by atoms with Crippen molar-refractivity contribution in [3.8, 4) is 0 Å². The second-order valence-corrected chi connectivity index (χ2v) is 4.26. The maximum atomic E-state index is 5.62. The first-order valence-corrected chi connectivity index (χ1v) is 5.25. The molecule has 1 saturated heterocycles. The van der Waals surface area contributed by atoms with Crippen molar-refractivity contribution in [2.24, 2.45) is 22.6 Å². The van der Waals surface area contributed by atoms with Crippen molar-refractivity contribution in [3.05, 3.63) is 0 Å². The molecule has 5 heteroatoms. The minimum Gasteiger partial charge on any atom is -0.368 e. The van der Waals surface area contributed by atoms with Crippen LogP contribution in [0.1, 0.15) is 6.92 Å². The van der Waals surface area contributed by atoms with E-state index in [4.69, 9.17) is 11.6 Å². The molecule has 0 saturated carbocycles. The monoisotopic (exact) mass is 188 g/mol. The molecular formula is C7H16N4S. The highest BCUT2D eigenvalue weighted by molar-refractivity contribution is 7.99. The van der Waals surface area contributed by atoms with Crippen LogP contribution < -0.4 is 11.6 Å². The number of nitrogens with zero attached hydrogens (tertiary/aromatic N) is 2. The molecule has 1 unspecified atom stereocenters. The smallest absolute Gasteiger partial charge is 0.213 e. The van der Waals surface area contributed by atoms with Gasteiger partial charge in [-0.25, -0.2) is 0 Å². The van der Waals surface area contributed by atoms with E-state index in [1.54, 1.807) is 0 Å². The van der Waals surface area contributed by atoms with Gasteiger partial charge < -0.3 is 16.5 Å². The lowest BCUT2D eigenvalue weighted by atomic mass is 10.2. The Hall–Kier alpha value is -0.580. The Morgan fingerprint density at radius 1 is 1.67 bits per heavy atom. The molecule has 70 valence electrons. The third-order valence-electron chi connectivity index (χ3n) is 1.90. The molecule has 0 spiro atoms. The highest BCUT2D eigenvalue weighted by Gasteiger charge is 2.15. The Balaban J connectivity index is 2.52. The molecule has 0 aromatic rings. The van der Waals surface area contributed by atoms with E-state index in [2.05, 4.69) is 12.0 Å². The Kier molecular flexibility index (Phi) is 3.52. The molecular weight excluding hydrogens is 172 g/mol. The number of thioether (sulfide) groups is 1. The van der Waals surface area contributed by atoms with Crippen LogP contribution in [0.5, 0.6) is 0 Å². The summed E-state index contributed by atoms with van der Waals surface area (Å²) in [7, 11) is 0. The molecule has 1 aliphatic heterocycles. The van der Waals surface area contributed by atoms with E-state index in [1.807, 2.05) is 16.7 Å². The number of rotatable bonds is 0. The Morgan fingerprint density at radius 3 is 3.08 bits per heavy atom. The summed E-state index contributed by atoms with van der Waals surface area (Å²) < 4.78 is 0. The normalized spacial score (nSPS) is 26.9. The molecule has 1 rings (SSSR count). The maximum Gasteiger partial charge on any atom is 0.213 e. The second kappa shape index (κ2) is 4.45. The van der Waals surface area contributed by atoms with E-state index < -0.39 is 0 Å². The van der Waals surface area contributed by atoms with Crippen molar-refractivity contribution < 1.29 is 0 Å². The van der Waals surface area contributed by atoms with E-state index in [1.165, 1.54) is 5.75 Å². The van der Waals surface area contributed by atoms with Crippen LogP contribution in [-0.2, 0) is 0 Å². The van der Waals surface area contributed by atoms with E-state index >= 15 is 0 Å². The van der Waals surface area contributed by atoms with Gasteiger partial charge in [-0.1, -0.05) is 6.92 Å². The third kappa shape index (κ3) is 2.48. The van der Waals surface area contributed by atoms with Gasteiger partial charge in [-0.3, -0.25) is 0 Å². The van der Waals surface area contributed by atoms with Gasteiger partial charge in [-0.05, 0) is 11.7 Å².